The van der Waals surface area contributed by atoms with Crippen LogP contribution in [0.25, 0.3) is 0 Å². The smallest absolute Gasteiger partial charge is 0.123 e. The third-order valence-corrected chi connectivity index (χ3v) is 3.12. The van der Waals surface area contributed by atoms with Crippen LogP contribution in [0.15, 0.2) is 42.5 Å². The molecule has 2 rings (SSSR count). The highest BCUT2D eigenvalue weighted by Gasteiger charge is 2.01. The molecule has 0 aromatic heterocycles. The highest BCUT2D eigenvalue weighted by molar-refractivity contribution is 5.59. The fraction of sp³-hybridized carbons (Fsp3) is 0.250. The van der Waals surface area contributed by atoms with Crippen LogP contribution in [0.2, 0.25) is 0 Å². The predicted molar refractivity (Wildman–Crippen MR) is 79.2 cm³/mol. The molecule has 0 aliphatic rings. The first-order valence-electron chi connectivity index (χ1n) is 6.32. The standard InChI is InChI=1S/C16H19FN2/c1-12-10-15(19(2)3)8-9-16(12)18-11-13-4-6-14(17)7-5-13/h4-10,18H,11H2,1-3H3. The molecular formula is C16H19FN2. The molecule has 100 valence electrons. The van der Waals surface area contributed by atoms with Gasteiger partial charge in [-0.1, -0.05) is 12.1 Å². The molecule has 0 heterocycles. The number of nitrogens with one attached hydrogen (secondary N) is 1. The van der Waals surface area contributed by atoms with Gasteiger partial charge in [0.15, 0.2) is 0 Å². The van der Waals surface area contributed by atoms with E-state index in [1.54, 1.807) is 12.1 Å². The average molecular weight is 258 g/mol. The van der Waals surface area contributed by atoms with Gasteiger partial charge in [0.2, 0.25) is 0 Å². The van der Waals surface area contributed by atoms with Gasteiger partial charge < -0.3 is 10.2 Å². The SMILES string of the molecule is Cc1cc(N(C)C)ccc1NCc1ccc(F)cc1. The van der Waals surface area contributed by atoms with Gasteiger partial charge in [0.25, 0.3) is 0 Å². The van der Waals surface area contributed by atoms with Crippen LogP contribution in [0.1, 0.15) is 11.1 Å². The fourth-order valence-electron chi connectivity index (χ4n) is 1.92. The van der Waals surface area contributed by atoms with Crippen molar-refractivity contribution in [1.29, 1.82) is 0 Å². The van der Waals surface area contributed by atoms with Crippen LogP contribution in [0, 0.1) is 12.7 Å². The Bertz CT molecular complexity index is 547. The van der Waals surface area contributed by atoms with E-state index in [1.165, 1.54) is 23.4 Å². The molecule has 3 heteroatoms. The van der Waals surface area contributed by atoms with E-state index < -0.39 is 0 Å². The molecule has 0 aliphatic heterocycles. The van der Waals surface area contributed by atoms with Crippen LogP contribution in [0.4, 0.5) is 15.8 Å². The first kappa shape index (κ1) is 13.4. The monoisotopic (exact) mass is 258 g/mol. The van der Waals surface area contributed by atoms with Crippen molar-refractivity contribution in [2.24, 2.45) is 0 Å². The maximum absolute atomic E-state index is 12.8. The van der Waals surface area contributed by atoms with E-state index in [9.17, 15) is 4.39 Å². The van der Waals surface area contributed by atoms with E-state index >= 15 is 0 Å². The molecule has 2 aromatic carbocycles. The van der Waals surface area contributed by atoms with Crippen molar-refractivity contribution in [3.63, 3.8) is 0 Å². The summed E-state index contributed by atoms with van der Waals surface area (Å²) in [6, 6.07) is 12.9. The van der Waals surface area contributed by atoms with E-state index in [0.717, 1.165) is 11.3 Å². The zero-order valence-corrected chi connectivity index (χ0v) is 11.6. The maximum Gasteiger partial charge on any atom is 0.123 e. The minimum atomic E-state index is -0.199. The normalized spacial score (nSPS) is 10.3. The molecule has 0 aliphatic carbocycles. The Morgan fingerprint density at radius 3 is 2.32 bits per heavy atom. The molecule has 0 radical (unpaired) electrons. The number of aryl methyl sites for hydroxylation is 1. The van der Waals surface area contributed by atoms with E-state index in [1.807, 2.05) is 14.1 Å². The number of hydrogen-bond acceptors (Lipinski definition) is 2. The van der Waals surface area contributed by atoms with E-state index in [4.69, 9.17) is 0 Å². The Balaban J connectivity index is 2.05. The summed E-state index contributed by atoms with van der Waals surface area (Å²) in [6.45, 7) is 2.78. The van der Waals surface area contributed by atoms with Crippen LogP contribution in [-0.4, -0.2) is 14.1 Å². The average Bonchev–Trinajstić information content (AvgIpc) is 2.39. The van der Waals surface area contributed by atoms with Gasteiger partial charge in [0.05, 0.1) is 0 Å². The van der Waals surface area contributed by atoms with Gasteiger partial charge in [-0.05, 0) is 48.4 Å². The van der Waals surface area contributed by atoms with Crippen molar-refractivity contribution in [2.45, 2.75) is 13.5 Å². The van der Waals surface area contributed by atoms with Gasteiger partial charge in [-0.25, -0.2) is 4.39 Å². The van der Waals surface area contributed by atoms with Crippen molar-refractivity contribution in [2.75, 3.05) is 24.3 Å². The fourth-order valence-corrected chi connectivity index (χ4v) is 1.92. The summed E-state index contributed by atoms with van der Waals surface area (Å²) in [5, 5.41) is 3.37. The molecule has 2 nitrogen and oxygen atoms in total. The molecule has 0 fully saturated rings. The molecule has 0 amide bonds. The van der Waals surface area contributed by atoms with Crippen molar-refractivity contribution >= 4 is 11.4 Å². The summed E-state index contributed by atoms with van der Waals surface area (Å²) in [7, 11) is 4.06. The van der Waals surface area contributed by atoms with Crippen LogP contribution in [0.3, 0.4) is 0 Å². The first-order chi connectivity index (χ1) is 9.06. The lowest BCUT2D eigenvalue weighted by Crippen LogP contribution is -2.09. The topological polar surface area (TPSA) is 15.3 Å². The first-order valence-corrected chi connectivity index (χ1v) is 6.32. The maximum atomic E-state index is 12.8. The minimum Gasteiger partial charge on any atom is -0.381 e. The highest BCUT2D eigenvalue weighted by atomic mass is 19.1. The lowest BCUT2D eigenvalue weighted by atomic mass is 10.1. The summed E-state index contributed by atoms with van der Waals surface area (Å²) >= 11 is 0. The third kappa shape index (κ3) is 3.47. The van der Waals surface area contributed by atoms with Gasteiger partial charge in [0.1, 0.15) is 5.82 Å². The summed E-state index contributed by atoms with van der Waals surface area (Å²) in [6.07, 6.45) is 0. The second kappa shape index (κ2) is 5.74. The van der Waals surface area contributed by atoms with Crippen LogP contribution in [-0.2, 0) is 6.54 Å². The lowest BCUT2D eigenvalue weighted by Gasteiger charge is -2.16. The van der Waals surface area contributed by atoms with Crippen LogP contribution < -0.4 is 10.2 Å². The minimum absolute atomic E-state index is 0.199. The lowest BCUT2D eigenvalue weighted by molar-refractivity contribution is 0.627. The molecule has 0 bridgehead atoms. The van der Waals surface area contributed by atoms with Crippen LogP contribution >= 0.6 is 0 Å². The Labute approximate surface area is 113 Å². The number of halogens is 1. The summed E-state index contributed by atoms with van der Waals surface area (Å²) < 4.78 is 12.8. The number of anilines is 2. The summed E-state index contributed by atoms with van der Waals surface area (Å²) in [5.74, 6) is -0.199. The van der Waals surface area contributed by atoms with Crippen molar-refractivity contribution in [3.8, 4) is 0 Å². The Morgan fingerprint density at radius 2 is 1.74 bits per heavy atom. The number of rotatable bonds is 4. The zero-order valence-electron chi connectivity index (χ0n) is 11.6. The molecule has 0 unspecified atom stereocenters. The van der Waals surface area contributed by atoms with Crippen molar-refractivity contribution < 1.29 is 4.39 Å². The number of nitrogens with zero attached hydrogens (tertiary/aromatic N) is 1. The zero-order chi connectivity index (χ0) is 13.8. The molecule has 0 atom stereocenters. The third-order valence-electron chi connectivity index (χ3n) is 3.12. The Hall–Kier alpha value is -2.03. The molecule has 1 N–H and O–H groups in total. The van der Waals surface area contributed by atoms with Crippen molar-refractivity contribution in [1.82, 2.24) is 0 Å². The molecule has 2 aromatic rings. The second-order valence-electron chi connectivity index (χ2n) is 4.87. The predicted octanol–water partition coefficient (Wildman–Crippen LogP) is 3.81. The number of hydrogen-bond donors (Lipinski definition) is 1. The van der Waals surface area contributed by atoms with E-state index in [-0.39, 0.29) is 5.82 Å². The van der Waals surface area contributed by atoms with Crippen LogP contribution in [0.5, 0.6) is 0 Å². The van der Waals surface area contributed by atoms with Gasteiger partial charge in [-0.15, -0.1) is 0 Å². The van der Waals surface area contributed by atoms with Gasteiger partial charge >= 0.3 is 0 Å². The summed E-state index contributed by atoms with van der Waals surface area (Å²) in [5.41, 5.74) is 4.56. The van der Waals surface area contributed by atoms with Gasteiger partial charge in [0, 0.05) is 32.0 Å². The van der Waals surface area contributed by atoms with Crippen molar-refractivity contribution in [3.05, 3.63) is 59.4 Å². The van der Waals surface area contributed by atoms with Gasteiger partial charge in [-0.3, -0.25) is 0 Å². The molecular weight excluding hydrogens is 239 g/mol. The highest BCUT2D eigenvalue weighted by Crippen LogP contribution is 2.21. The van der Waals surface area contributed by atoms with Gasteiger partial charge in [-0.2, -0.15) is 0 Å². The molecule has 0 spiro atoms. The molecule has 19 heavy (non-hydrogen) atoms. The largest absolute Gasteiger partial charge is 0.381 e. The van der Waals surface area contributed by atoms with E-state index in [2.05, 4.69) is 35.3 Å². The molecule has 0 saturated heterocycles. The summed E-state index contributed by atoms with van der Waals surface area (Å²) in [4.78, 5) is 2.08. The Morgan fingerprint density at radius 1 is 1.05 bits per heavy atom. The number of benzene rings is 2. The Kier molecular flexibility index (Phi) is 4.05. The second-order valence-corrected chi connectivity index (χ2v) is 4.87. The molecule has 0 saturated carbocycles. The quantitative estimate of drug-likeness (QED) is 0.897. The van der Waals surface area contributed by atoms with E-state index in [0.29, 0.717) is 6.54 Å².